The van der Waals surface area contributed by atoms with Gasteiger partial charge in [-0.05, 0) is 31.5 Å². The molecule has 1 aliphatic heterocycles. The number of nitrogens with zero attached hydrogens (tertiary/aromatic N) is 2. The number of carbonyl (C=O) groups is 3. The van der Waals surface area contributed by atoms with E-state index in [2.05, 4.69) is 5.32 Å². The van der Waals surface area contributed by atoms with E-state index in [4.69, 9.17) is 4.74 Å². The SMILES string of the molecule is CCOC(=O)C1=C(C)NC(=O)N(C(C)=O)C1c1ccc([N+](=O)[O-])cc1. The maximum Gasteiger partial charge on any atom is 0.338 e. The van der Waals surface area contributed by atoms with Crippen molar-refractivity contribution < 1.29 is 24.0 Å². The van der Waals surface area contributed by atoms with Gasteiger partial charge < -0.3 is 10.1 Å². The van der Waals surface area contributed by atoms with Gasteiger partial charge in [0.15, 0.2) is 0 Å². The molecule has 0 radical (unpaired) electrons. The second kappa shape index (κ2) is 7.12. The predicted molar refractivity (Wildman–Crippen MR) is 86.2 cm³/mol. The summed E-state index contributed by atoms with van der Waals surface area (Å²) in [5.41, 5.74) is 0.615. The molecule has 9 heteroatoms. The van der Waals surface area contributed by atoms with Crippen molar-refractivity contribution in [1.29, 1.82) is 0 Å². The minimum Gasteiger partial charge on any atom is -0.463 e. The summed E-state index contributed by atoms with van der Waals surface area (Å²) in [7, 11) is 0. The van der Waals surface area contributed by atoms with Crippen molar-refractivity contribution in [2.75, 3.05) is 6.61 Å². The minimum absolute atomic E-state index is 0.102. The molecule has 0 aromatic heterocycles. The lowest BCUT2D eigenvalue weighted by Crippen LogP contribution is -2.50. The molecule has 1 heterocycles. The standard InChI is InChI=1S/C16H17N3O6/c1-4-25-15(21)13-9(2)17-16(22)18(10(3)20)14(13)11-5-7-12(8-6-11)19(23)24/h5-8,14H,4H2,1-3H3,(H,17,22). The third-order valence-electron chi connectivity index (χ3n) is 3.70. The van der Waals surface area contributed by atoms with Gasteiger partial charge in [-0.25, -0.2) is 9.59 Å². The van der Waals surface area contributed by atoms with E-state index in [0.29, 0.717) is 5.56 Å². The Bertz CT molecular complexity index is 769. The van der Waals surface area contributed by atoms with Crippen LogP contribution in [0.15, 0.2) is 35.5 Å². The van der Waals surface area contributed by atoms with Crippen LogP contribution in [-0.2, 0) is 14.3 Å². The summed E-state index contributed by atoms with van der Waals surface area (Å²) in [6.45, 7) is 4.48. The fourth-order valence-corrected chi connectivity index (χ4v) is 2.63. The van der Waals surface area contributed by atoms with Gasteiger partial charge in [-0.1, -0.05) is 0 Å². The topological polar surface area (TPSA) is 119 Å². The zero-order chi connectivity index (χ0) is 18.7. The number of allylic oxidation sites excluding steroid dienone is 1. The first-order chi connectivity index (χ1) is 11.8. The van der Waals surface area contributed by atoms with Crippen LogP contribution >= 0.6 is 0 Å². The number of hydrogen-bond acceptors (Lipinski definition) is 6. The molecule has 0 fully saturated rings. The Morgan fingerprint density at radius 1 is 1.32 bits per heavy atom. The van der Waals surface area contributed by atoms with Gasteiger partial charge in [0.1, 0.15) is 6.04 Å². The molecule has 0 saturated carbocycles. The fourth-order valence-electron chi connectivity index (χ4n) is 2.63. The van der Waals surface area contributed by atoms with Crippen molar-refractivity contribution in [3.05, 3.63) is 51.2 Å². The summed E-state index contributed by atoms with van der Waals surface area (Å²) >= 11 is 0. The van der Waals surface area contributed by atoms with Crippen molar-refractivity contribution in [3.8, 4) is 0 Å². The molecule has 0 saturated heterocycles. The fraction of sp³-hybridized carbons (Fsp3) is 0.312. The highest BCUT2D eigenvalue weighted by atomic mass is 16.6. The number of hydrogen-bond donors (Lipinski definition) is 1. The lowest BCUT2D eigenvalue weighted by molar-refractivity contribution is -0.384. The zero-order valence-corrected chi connectivity index (χ0v) is 13.9. The molecule has 1 unspecified atom stereocenters. The van der Waals surface area contributed by atoms with Crippen LogP contribution in [0.5, 0.6) is 0 Å². The van der Waals surface area contributed by atoms with Gasteiger partial charge in [-0.15, -0.1) is 0 Å². The van der Waals surface area contributed by atoms with Gasteiger partial charge in [0, 0.05) is 24.8 Å². The Kier molecular flexibility index (Phi) is 5.16. The first-order valence-corrected chi connectivity index (χ1v) is 7.51. The Hall–Kier alpha value is -3.23. The summed E-state index contributed by atoms with van der Waals surface area (Å²) in [5.74, 6) is -1.25. The number of rotatable bonds is 4. The van der Waals surface area contributed by atoms with Gasteiger partial charge in [0.05, 0.1) is 17.1 Å². The molecule has 2 rings (SSSR count). The number of urea groups is 1. The van der Waals surface area contributed by atoms with Gasteiger partial charge >= 0.3 is 12.0 Å². The quantitative estimate of drug-likeness (QED) is 0.506. The highest BCUT2D eigenvalue weighted by Gasteiger charge is 2.40. The summed E-state index contributed by atoms with van der Waals surface area (Å²) < 4.78 is 5.03. The van der Waals surface area contributed by atoms with Crippen molar-refractivity contribution in [2.24, 2.45) is 0 Å². The predicted octanol–water partition coefficient (Wildman–Crippen LogP) is 2.04. The van der Waals surface area contributed by atoms with Gasteiger partial charge in [-0.3, -0.25) is 19.8 Å². The Labute approximate surface area is 143 Å². The molecular weight excluding hydrogens is 330 g/mol. The second-order valence-corrected chi connectivity index (χ2v) is 5.33. The highest BCUT2D eigenvalue weighted by Crippen LogP contribution is 2.35. The number of nitro benzene ring substituents is 1. The van der Waals surface area contributed by atoms with Crippen LogP contribution in [-0.4, -0.2) is 34.3 Å². The van der Waals surface area contributed by atoms with E-state index in [1.165, 1.54) is 38.1 Å². The van der Waals surface area contributed by atoms with Crippen LogP contribution in [0.1, 0.15) is 32.4 Å². The van der Waals surface area contributed by atoms with Crippen LogP contribution in [0, 0.1) is 10.1 Å². The molecular formula is C16H17N3O6. The van der Waals surface area contributed by atoms with E-state index >= 15 is 0 Å². The molecule has 1 N–H and O–H groups in total. The number of nitro groups is 1. The molecule has 1 aliphatic rings. The average Bonchev–Trinajstić information content (AvgIpc) is 2.53. The molecule has 0 spiro atoms. The third-order valence-corrected chi connectivity index (χ3v) is 3.70. The summed E-state index contributed by atoms with van der Waals surface area (Å²) in [4.78, 5) is 47.7. The van der Waals surface area contributed by atoms with E-state index in [9.17, 15) is 24.5 Å². The minimum atomic E-state index is -1.02. The number of nitrogens with one attached hydrogen (secondary N) is 1. The number of non-ortho nitro benzene ring substituents is 1. The van der Waals surface area contributed by atoms with Crippen LogP contribution < -0.4 is 5.32 Å². The Balaban J connectivity index is 2.60. The summed E-state index contributed by atoms with van der Waals surface area (Å²) in [6.07, 6.45) is 0. The summed E-state index contributed by atoms with van der Waals surface area (Å²) in [5, 5.41) is 13.3. The van der Waals surface area contributed by atoms with Crippen molar-refractivity contribution in [2.45, 2.75) is 26.8 Å². The molecule has 0 bridgehead atoms. The monoisotopic (exact) mass is 347 g/mol. The molecule has 25 heavy (non-hydrogen) atoms. The van der Waals surface area contributed by atoms with Crippen molar-refractivity contribution >= 4 is 23.6 Å². The van der Waals surface area contributed by atoms with E-state index in [-0.39, 0.29) is 23.6 Å². The molecule has 0 aliphatic carbocycles. The smallest absolute Gasteiger partial charge is 0.338 e. The zero-order valence-electron chi connectivity index (χ0n) is 13.9. The molecule has 1 aromatic rings. The summed E-state index contributed by atoms with van der Waals surface area (Å²) in [6, 6.07) is 3.61. The van der Waals surface area contributed by atoms with Crippen molar-refractivity contribution in [3.63, 3.8) is 0 Å². The number of benzene rings is 1. The molecule has 1 atom stereocenters. The van der Waals surface area contributed by atoms with Crippen LogP contribution in [0.4, 0.5) is 10.5 Å². The number of amides is 3. The van der Waals surface area contributed by atoms with Crippen LogP contribution in [0.3, 0.4) is 0 Å². The maximum absolute atomic E-state index is 12.4. The van der Waals surface area contributed by atoms with Gasteiger partial charge in [0.2, 0.25) is 5.91 Å². The molecule has 3 amide bonds. The van der Waals surface area contributed by atoms with Gasteiger partial charge in [0.25, 0.3) is 5.69 Å². The normalized spacial score (nSPS) is 17.2. The Morgan fingerprint density at radius 3 is 2.40 bits per heavy atom. The second-order valence-electron chi connectivity index (χ2n) is 5.33. The number of esters is 1. The van der Waals surface area contributed by atoms with Gasteiger partial charge in [-0.2, -0.15) is 0 Å². The van der Waals surface area contributed by atoms with Crippen LogP contribution in [0.25, 0.3) is 0 Å². The maximum atomic E-state index is 12.4. The lowest BCUT2D eigenvalue weighted by Gasteiger charge is -2.35. The average molecular weight is 347 g/mol. The Morgan fingerprint density at radius 2 is 1.92 bits per heavy atom. The first kappa shape index (κ1) is 18.1. The number of ether oxygens (including phenoxy) is 1. The van der Waals surface area contributed by atoms with E-state index in [1.54, 1.807) is 6.92 Å². The van der Waals surface area contributed by atoms with E-state index in [0.717, 1.165) is 4.90 Å². The molecule has 9 nitrogen and oxygen atoms in total. The highest BCUT2D eigenvalue weighted by molar-refractivity contribution is 6.01. The van der Waals surface area contributed by atoms with Crippen LogP contribution in [0.2, 0.25) is 0 Å². The first-order valence-electron chi connectivity index (χ1n) is 7.51. The largest absolute Gasteiger partial charge is 0.463 e. The van der Waals surface area contributed by atoms with E-state index < -0.39 is 28.9 Å². The number of carbonyl (C=O) groups excluding carboxylic acids is 3. The lowest BCUT2D eigenvalue weighted by atomic mass is 9.93. The van der Waals surface area contributed by atoms with Crippen molar-refractivity contribution in [1.82, 2.24) is 10.2 Å². The molecule has 1 aromatic carbocycles. The number of imide groups is 1. The van der Waals surface area contributed by atoms with E-state index in [1.807, 2.05) is 0 Å². The third kappa shape index (κ3) is 3.49. The molecule has 132 valence electrons.